The third-order valence-corrected chi connectivity index (χ3v) is 6.59. The molecule has 3 saturated heterocycles. The van der Waals surface area contributed by atoms with Crippen molar-refractivity contribution >= 4 is 34.2 Å². The number of nitrogens with zero attached hydrogens (tertiary/aromatic N) is 2. The molecular formula is C25H31ClN2O. The van der Waals surface area contributed by atoms with Crippen LogP contribution in [0, 0.1) is 5.92 Å². The fourth-order valence-corrected chi connectivity index (χ4v) is 5.00. The van der Waals surface area contributed by atoms with Gasteiger partial charge in [0.25, 0.3) is 0 Å². The Bertz CT molecular complexity index is 1010. The fourth-order valence-electron chi connectivity index (χ4n) is 5.00. The van der Waals surface area contributed by atoms with Crippen LogP contribution in [0.4, 0.5) is 0 Å². The molecule has 0 amide bonds. The molecule has 0 radical (unpaired) electrons. The summed E-state index contributed by atoms with van der Waals surface area (Å²) in [5.41, 5.74) is 4.22. The zero-order valence-electron chi connectivity index (χ0n) is 17.3. The topological polar surface area (TPSA) is 17.4 Å². The van der Waals surface area contributed by atoms with Crippen LogP contribution in [0.25, 0.3) is 21.8 Å². The SMILES string of the molecule is CCCCn1c2ccccc2c2ccc(OC/C=C3\CN4CCC3CC4)cc21.Cl. The first-order valence-electron chi connectivity index (χ1n) is 10.9. The summed E-state index contributed by atoms with van der Waals surface area (Å²) in [7, 11) is 0. The fraction of sp³-hybridized carbons (Fsp3) is 0.440. The van der Waals surface area contributed by atoms with Crippen molar-refractivity contribution in [3.8, 4) is 5.75 Å². The first-order chi connectivity index (χ1) is 13.8. The highest BCUT2D eigenvalue weighted by Crippen LogP contribution is 2.33. The van der Waals surface area contributed by atoms with Gasteiger partial charge in [-0.15, -0.1) is 12.4 Å². The van der Waals surface area contributed by atoms with Gasteiger partial charge in [0.05, 0.1) is 5.52 Å². The quantitative estimate of drug-likeness (QED) is 0.460. The Hall–Kier alpha value is -1.97. The normalized spacial score (nSPS) is 22.3. The van der Waals surface area contributed by atoms with Gasteiger partial charge in [-0.1, -0.05) is 37.1 Å². The van der Waals surface area contributed by atoms with Gasteiger partial charge in [0.15, 0.2) is 0 Å². The van der Waals surface area contributed by atoms with E-state index in [1.165, 1.54) is 60.6 Å². The zero-order valence-corrected chi connectivity index (χ0v) is 18.1. The standard InChI is InChI=1S/C25H30N2O.ClH/c1-2-3-13-27-24-7-5-4-6-22(24)23-9-8-21(17-25(23)27)28-16-12-20-18-26-14-10-19(20)11-15-26;/h4-9,12,17,19H,2-3,10-11,13-16,18H2,1H3;1H/b20-12+;. The van der Waals surface area contributed by atoms with Crippen LogP contribution in [-0.2, 0) is 6.54 Å². The smallest absolute Gasteiger partial charge is 0.121 e. The number of benzene rings is 2. The van der Waals surface area contributed by atoms with Gasteiger partial charge in [0.1, 0.15) is 12.4 Å². The van der Waals surface area contributed by atoms with Gasteiger partial charge in [0.2, 0.25) is 0 Å². The van der Waals surface area contributed by atoms with Crippen LogP contribution in [-0.4, -0.2) is 35.7 Å². The molecule has 3 aliphatic rings. The molecule has 0 unspecified atom stereocenters. The molecule has 2 bridgehead atoms. The third-order valence-electron chi connectivity index (χ3n) is 6.59. The van der Waals surface area contributed by atoms with Gasteiger partial charge in [-0.3, -0.25) is 4.90 Å². The van der Waals surface area contributed by atoms with Crippen LogP contribution in [0.5, 0.6) is 5.75 Å². The number of halogens is 1. The summed E-state index contributed by atoms with van der Waals surface area (Å²) in [5.74, 6) is 1.78. The summed E-state index contributed by atoms with van der Waals surface area (Å²) in [5, 5.41) is 2.67. The summed E-state index contributed by atoms with van der Waals surface area (Å²) in [4.78, 5) is 2.57. The molecule has 3 aliphatic heterocycles. The van der Waals surface area contributed by atoms with Crippen LogP contribution in [0.1, 0.15) is 32.6 Å². The van der Waals surface area contributed by atoms with Crippen LogP contribution < -0.4 is 4.74 Å². The Morgan fingerprint density at radius 1 is 1.03 bits per heavy atom. The van der Waals surface area contributed by atoms with Crippen LogP contribution in [0.2, 0.25) is 0 Å². The molecule has 3 fully saturated rings. The van der Waals surface area contributed by atoms with Crippen molar-refractivity contribution in [2.45, 2.75) is 39.2 Å². The van der Waals surface area contributed by atoms with Crippen molar-refractivity contribution in [1.82, 2.24) is 9.47 Å². The first-order valence-corrected chi connectivity index (χ1v) is 10.9. The van der Waals surface area contributed by atoms with Crippen LogP contribution >= 0.6 is 12.4 Å². The lowest BCUT2D eigenvalue weighted by Gasteiger charge is -2.41. The molecule has 0 atom stereocenters. The van der Waals surface area contributed by atoms with E-state index in [1.54, 1.807) is 5.57 Å². The van der Waals surface area contributed by atoms with Gasteiger partial charge in [-0.25, -0.2) is 0 Å². The van der Waals surface area contributed by atoms with Crippen LogP contribution in [0.3, 0.4) is 0 Å². The highest BCUT2D eigenvalue weighted by Gasteiger charge is 2.28. The number of ether oxygens (including phenoxy) is 1. The van der Waals surface area contributed by atoms with Crippen molar-refractivity contribution in [3.05, 3.63) is 54.1 Å². The van der Waals surface area contributed by atoms with Gasteiger partial charge in [-0.05, 0) is 62.5 Å². The van der Waals surface area contributed by atoms with Gasteiger partial charge in [0, 0.05) is 35.4 Å². The van der Waals surface area contributed by atoms with Crippen molar-refractivity contribution in [2.24, 2.45) is 5.92 Å². The number of aromatic nitrogens is 1. The van der Waals surface area contributed by atoms with Crippen molar-refractivity contribution < 1.29 is 4.74 Å². The second-order valence-corrected chi connectivity index (χ2v) is 8.34. The van der Waals surface area contributed by atoms with E-state index in [0.29, 0.717) is 6.61 Å². The molecule has 0 aliphatic carbocycles. The van der Waals surface area contributed by atoms with Crippen LogP contribution in [0.15, 0.2) is 54.1 Å². The maximum atomic E-state index is 6.17. The summed E-state index contributed by atoms with van der Waals surface area (Å²) < 4.78 is 8.64. The van der Waals surface area contributed by atoms with E-state index in [0.717, 1.165) is 24.8 Å². The van der Waals surface area contributed by atoms with Gasteiger partial charge >= 0.3 is 0 Å². The Morgan fingerprint density at radius 3 is 2.59 bits per heavy atom. The molecule has 154 valence electrons. The highest BCUT2D eigenvalue weighted by atomic mass is 35.5. The Kier molecular flexibility index (Phi) is 6.17. The molecule has 0 saturated carbocycles. The van der Waals surface area contributed by atoms with E-state index >= 15 is 0 Å². The zero-order chi connectivity index (χ0) is 18.9. The largest absolute Gasteiger partial charge is 0.489 e. The minimum Gasteiger partial charge on any atom is -0.489 e. The molecule has 4 heteroatoms. The maximum absolute atomic E-state index is 6.17. The molecule has 0 N–H and O–H groups in total. The summed E-state index contributed by atoms with van der Waals surface area (Å²) in [6.45, 7) is 7.71. The van der Waals surface area contributed by atoms with E-state index in [9.17, 15) is 0 Å². The van der Waals surface area contributed by atoms with Crippen molar-refractivity contribution in [3.63, 3.8) is 0 Å². The Balaban J connectivity index is 0.00000205. The second kappa shape index (κ2) is 8.81. The molecule has 4 heterocycles. The lowest BCUT2D eigenvalue weighted by Crippen LogP contribution is -2.43. The van der Waals surface area contributed by atoms with Gasteiger partial charge in [-0.2, -0.15) is 0 Å². The van der Waals surface area contributed by atoms with Crippen molar-refractivity contribution in [2.75, 3.05) is 26.2 Å². The van der Waals surface area contributed by atoms with E-state index in [4.69, 9.17) is 4.74 Å². The maximum Gasteiger partial charge on any atom is 0.121 e. The monoisotopic (exact) mass is 410 g/mol. The second-order valence-electron chi connectivity index (χ2n) is 8.34. The molecule has 3 nitrogen and oxygen atoms in total. The van der Waals surface area contributed by atoms with E-state index < -0.39 is 0 Å². The molecule has 29 heavy (non-hydrogen) atoms. The first kappa shape index (κ1) is 20.3. The number of piperidine rings is 3. The minimum atomic E-state index is 0. The molecule has 2 aromatic carbocycles. The van der Waals surface area contributed by atoms with E-state index in [-0.39, 0.29) is 12.4 Å². The average molecular weight is 411 g/mol. The number of fused-ring (bicyclic) bond motifs is 6. The molecule has 1 aromatic heterocycles. The number of hydrogen-bond acceptors (Lipinski definition) is 2. The van der Waals surface area contributed by atoms with Crippen molar-refractivity contribution in [1.29, 1.82) is 0 Å². The third kappa shape index (κ3) is 3.91. The lowest BCUT2D eigenvalue weighted by atomic mass is 9.84. The number of aryl methyl sites for hydroxylation is 1. The minimum absolute atomic E-state index is 0. The van der Waals surface area contributed by atoms with E-state index in [1.807, 2.05) is 0 Å². The Morgan fingerprint density at radius 2 is 1.83 bits per heavy atom. The summed E-state index contributed by atoms with van der Waals surface area (Å²) in [6, 6.07) is 15.4. The summed E-state index contributed by atoms with van der Waals surface area (Å²) >= 11 is 0. The van der Waals surface area contributed by atoms with E-state index in [2.05, 4.69) is 64.9 Å². The number of para-hydroxylation sites is 1. The average Bonchev–Trinajstić information content (AvgIpc) is 3.06. The predicted octanol–water partition coefficient (Wildman–Crippen LogP) is 6.05. The Labute approximate surface area is 179 Å². The van der Waals surface area contributed by atoms with Gasteiger partial charge < -0.3 is 9.30 Å². The predicted molar refractivity (Wildman–Crippen MR) is 124 cm³/mol. The molecule has 0 spiro atoms. The molecule has 6 rings (SSSR count). The number of rotatable bonds is 6. The molecular weight excluding hydrogens is 380 g/mol. The highest BCUT2D eigenvalue weighted by molar-refractivity contribution is 6.08. The lowest BCUT2D eigenvalue weighted by molar-refractivity contribution is 0.160. The number of unbranched alkanes of at least 4 members (excludes halogenated alkanes) is 1. The number of hydrogen-bond donors (Lipinski definition) is 0. The molecule has 3 aromatic rings. The summed E-state index contributed by atoms with van der Waals surface area (Å²) in [6.07, 6.45) is 7.40.